The summed E-state index contributed by atoms with van der Waals surface area (Å²) in [6.45, 7) is 12.3. The molecule has 124 valence electrons. The van der Waals surface area contributed by atoms with E-state index < -0.39 is 0 Å². The normalized spacial score (nSPS) is 26.1. The van der Waals surface area contributed by atoms with Crippen LogP contribution in [0.3, 0.4) is 0 Å². The Bertz CT molecular complexity index is 281. The van der Waals surface area contributed by atoms with Gasteiger partial charge in [-0.15, -0.1) is 0 Å². The summed E-state index contributed by atoms with van der Waals surface area (Å²) < 4.78 is 0. The first-order valence-corrected chi connectivity index (χ1v) is 9.56. The van der Waals surface area contributed by atoms with E-state index in [1.807, 2.05) is 0 Å². The molecule has 1 unspecified atom stereocenters. The van der Waals surface area contributed by atoms with Gasteiger partial charge in [0.15, 0.2) is 0 Å². The quantitative estimate of drug-likeness (QED) is 0.698. The van der Waals surface area contributed by atoms with Crippen molar-refractivity contribution in [3.05, 3.63) is 0 Å². The standard InChI is InChI=1S/C19H38N2/c1-4-5-9-12-19(2,3)16-21-14-13-20-18(15-21)17-10-7-6-8-11-17/h17-18,20H,4-16H2,1-3H3. The Morgan fingerprint density at radius 1 is 1.10 bits per heavy atom. The van der Waals surface area contributed by atoms with E-state index in [0.29, 0.717) is 5.41 Å². The maximum absolute atomic E-state index is 3.82. The molecule has 0 aromatic rings. The fourth-order valence-corrected chi connectivity index (χ4v) is 4.38. The zero-order chi connectivity index (χ0) is 15.1. The van der Waals surface area contributed by atoms with Crippen molar-refractivity contribution in [3.63, 3.8) is 0 Å². The van der Waals surface area contributed by atoms with Gasteiger partial charge in [-0.05, 0) is 30.6 Å². The summed E-state index contributed by atoms with van der Waals surface area (Å²) in [5.41, 5.74) is 0.490. The zero-order valence-electron chi connectivity index (χ0n) is 14.8. The molecule has 21 heavy (non-hydrogen) atoms. The summed E-state index contributed by atoms with van der Waals surface area (Å²) in [6.07, 6.45) is 12.9. The van der Waals surface area contributed by atoms with Crippen molar-refractivity contribution >= 4 is 0 Å². The third-order valence-electron chi connectivity index (χ3n) is 5.62. The molecule has 2 fully saturated rings. The Labute approximate surface area is 133 Å². The van der Waals surface area contributed by atoms with Gasteiger partial charge in [-0.25, -0.2) is 0 Å². The van der Waals surface area contributed by atoms with Crippen LogP contribution in [0.4, 0.5) is 0 Å². The number of nitrogens with one attached hydrogen (secondary N) is 1. The summed E-state index contributed by atoms with van der Waals surface area (Å²) in [5, 5.41) is 3.82. The lowest BCUT2D eigenvalue weighted by Crippen LogP contribution is -2.55. The fraction of sp³-hybridized carbons (Fsp3) is 1.00. The average molecular weight is 295 g/mol. The first-order chi connectivity index (χ1) is 10.1. The first-order valence-electron chi connectivity index (χ1n) is 9.56. The van der Waals surface area contributed by atoms with Crippen molar-refractivity contribution in [2.24, 2.45) is 11.3 Å². The minimum atomic E-state index is 0.490. The molecule has 1 atom stereocenters. The smallest absolute Gasteiger partial charge is 0.0223 e. The molecule has 0 aromatic heterocycles. The first kappa shape index (κ1) is 17.3. The van der Waals surface area contributed by atoms with Crippen LogP contribution in [0.25, 0.3) is 0 Å². The zero-order valence-corrected chi connectivity index (χ0v) is 14.8. The van der Waals surface area contributed by atoms with Crippen LogP contribution in [-0.2, 0) is 0 Å². The van der Waals surface area contributed by atoms with E-state index >= 15 is 0 Å². The molecule has 0 aromatic carbocycles. The van der Waals surface area contributed by atoms with Crippen LogP contribution in [0.2, 0.25) is 0 Å². The predicted molar refractivity (Wildman–Crippen MR) is 92.7 cm³/mol. The highest BCUT2D eigenvalue weighted by molar-refractivity contribution is 4.87. The second kappa shape index (κ2) is 8.53. The molecule has 1 heterocycles. The average Bonchev–Trinajstić information content (AvgIpc) is 2.48. The van der Waals surface area contributed by atoms with E-state index in [4.69, 9.17) is 0 Å². The van der Waals surface area contributed by atoms with Crippen molar-refractivity contribution in [1.29, 1.82) is 0 Å². The molecule has 1 N–H and O–H groups in total. The minimum absolute atomic E-state index is 0.490. The van der Waals surface area contributed by atoms with Crippen LogP contribution in [0.15, 0.2) is 0 Å². The summed E-state index contributed by atoms with van der Waals surface area (Å²) in [5.74, 6) is 0.949. The van der Waals surface area contributed by atoms with Crippen LogP contribution < -0.4 is 5.32 Å². The molecule has 2 nitrogen and oxygen atoms in total. The van der Waals surface area contributed by atoms with Crippen LogP contribution in [0, 0.1) is 11.3 Å². The van der Waals surface area contributed by atoms with Crippen molar-refractivity contribution in [2.75, 3.05) is 26.2 Å². The Balaban J connectivity index is 1.77. The lowest BCUT2D eigenvalue weighted by Gasteiger charge is -2.42. The highest BCUT2D eigenvalue weighted by Crippen LogP contribution is 2.29. The van der Waals surface area contributed by atoms with E-state index in [0.717, 1.165) is 12.0 Å². The van der Waals surface area contributed by atoms with Gasteiger partial charge in [-0.2, -0.15) is 0 Å². The van der Waals surface area contributed by atoms with Gasteiger partial charge >= 0.3 is 0 Å². The molecular weight excluding hydrogens is 256 g/mol. The number of unbranched alkanes of at least 4 members (excludes halogenated alkanes) is 2. The third-order valence-corrected chi connectivity index (χ3v) is 5.62. The van der Waals surface area contributed by atoms with Crippen LogP contribution in [0.1, 0.15) is 78.6 Å². The van der Waals surface area contributed by atoms with Crippen molar-refractivity contribution in [2.45, 2.75) is 84.6 Å². The molecule has 0 bridgehead atoms. The van der Waals surface area contributed by atoms with E-state index in [9.17, 15) is 0 Å². The van der Waals surface area contributed by atoms with Gasteiger partial charge in [-0.1, -0.05) is 59.3 Å². The molecular formula is C19H38N2. The number of hydrogen-bond acceptors (Lipinski definition) is 2. The van der Waals surface area contributed by atoms with Gasteiger partial charge in [-0.3, -0.25) is 4.90 Å². The van der Waals surface area contributed by atoms with Gasteiger partial charge in [0, 0.05) is 32.2 Å². The lowest BCUT2D eigenvalue weighted by atomic mass is 9.82. The number of nitrogens with zero attached hydrogens (tertiary/aromatic N) is 1. The lowest BCUT2D eigenvalue weighted by molar-refractivity contribution is 0.103. The molecule has 2 rings (SSSR count). The topological polar surface area (TPSA) is 15.3 Å². The maximum Gasteiger partial charge on any atom is 0.0223 e. The van der Waals surface area contributed by atoms with Crippen molar-refractivity contribution in [3.8, 4) is 0 Å². The SMILES string of the molecule is CCCCCC(C)(C)CN1CCNC(C2CCCCC2)C1. The number of rotatable bonds is 7. The number of piperazine rings is 1. The van der Waals surface area contributed by atoms with E-state index in [-0.39, 0.29) is 0 Å². The Kier molecular flexibility index (Phi) is 7.01. The molecule has 0 spiro atoms. The van der Waals surface area contributed by atoms with Crippen molar-refractivity contribution < 1.29 is 0 Å². The maximum atomic E-state index is 3.82. The highest BCUT2D eigenvalue weighted by atomic mass is 15.2. The summed E-state index contributed by atoms with van der Waals surface area (Å²) in [7, 11) is 0. The second-order valence-electron chi connectivity index (χ2n) is 8.32. The summed E-state index contributed by atoms with van der Waals surface area (Å²) in [4.78, 5) is 2.75. The van der Waals surface area contributed by atoms with Gasteiger partial charge in [0.2, 0.25) is 0 Å². The highest BCUT2D eigenvalue weighted by Gasteiger charge is 2.30. The molecule has 0 amide bonds. The second-order valence-corrected chi connectivity index (χ2v) is 8.32. The fourth-order valence-electron chi connectivity index (χ4n) is 4.38. The minimum Gasteiger partial charge on any atom is -0.311 e. The molecule has 1 aliphatic heterocycles. The predicted octanol–water partition coefficient (Wildman–Crippen LogP) is 4.45. The van der Waals surface area contributed by atoms with Gasteiger partial charge in [0.05, 0.1) is 0 Å². The Hall–Kier alpha value is -0.0800. The van der Waals surface area contributed by atoms with Crippen LogP contribution in [0.5, 0.6) is 0 Å². The molecule has 0 radical (unpaired) electrons. The largest absolute Gasteiger partial charge is 0.311 e. The van der Waals surface area contributed by atoms with Crippen molar-refractivity contribution in [1.82, 2.24) is 10.2 Å². The Morgan fingerprint density at radius 3 is 2.57 bits per heavy atom. The Morgan fingerprint density at radius 2 is 1.86 bits per heavy atom. The van der Waals surface area contributed by atoms with Gasteiger partial charge < -0.3 is 5.32 Å². The number of hydrogen-bond donors (Lipinski definition) is 1. The molecule has 1 aliphatic carbocycles. The van der Waals surface area contributed by atoms with E-state index in [2.05, 4.69) is 31.0 Å². The molecule has 1 saturated heterocycles. The third kappa shape index (κ3) is 5.90. The van der Waals surface area contributed by atoms with Gasteiger partial charge in [0.1, 0.15) is 0 Å². The summed E-state index contributed by atoms with van der Waals surface area (Å²) in [6, 6.07) is 0.769. The monoisotopic (exact) mass is 294 g/mol. The van der Waals surface area contributed by atoms with Crippen LogP contribution in [-0.4, -0.2) is 37.1 Å². The van der Waals surface area contributed by atoms with Gasteiger partial charge in [0.25, 0.3) is 0 Å². The van der Waals surface area contributed by atoms with Crippen LogP contribution >= 0.6 is 0 Å². The van der Waals surface area contributed by atoms with E-state index in [1.165, 1.54) is 84.0 Å². The van der Waals surface area contributed by atoms with E-state index in [1.54, 1.807) is 0 Å². The molecule has 2 aliphatic rings. The molecule has 1 saturated carbocycles. The molecule has 2 heteroatoms. The summed E-state index contributed by atoms with van der Waals surface area (Å²) >= 11 is 0.